The van der Waals surface area contributed by atoms with E-state index < -0.39 is 0 Å². The molecule has 0 bridgehead atoms. The van der Waals surface area contributed by atoms with E-state index >= 15 is 0 Å². The van der Waals surface area contributed by atoms with E-state index in [0.29, 0.717) is 13.0 Å². The monoisotopic (exact) mass is 395 g/mol. The van der Waals surface area contributed by atoms with Crippen LogP contribution in [0.3, 0.4) is 0 Å². The fraction of sp³-hybridized carbons (Fsp3) is 0.429. The average Bonchev–Trinajstić information content (AvgIpc) is 2.72. The molecule has 1 aromatic carbocycles. The topological polar surface area (TPSA) is 91.6 Å². The molecule has 152 valence electrons. The number of carbonyl (C=O) groups excluding carboxylic acids is 1. The van der Waals surface area contributed by atoms with E-state index in [1.165, 1.54) is 0 Å². The van der Waals surface area contributed by atoms with Gasteiger partial charge < -0.3 is 15.1 Å². The lowest BCUT2D eigenvalue weighted by molar-refractivity contribution is -0.384. The Morgan fingerprint density at radius 1 is 1.28 bits per heavy atom. The molecule has 1 amide bonds. The molecule has 8 nitrogen and oxygen atoms in total. The summed E-state index contributed by atoms with van der Waals surface area (Å²) in [5, 5.41) is 14.3. The highest BCUT2D eigenvalue weighted by molar-refractivity contribution is 5.82. The Morgan fingerprint density at radius 2 is 2.10 bits per heavy atom. The van der Waals surface area contributed by atoms with E-state index in [0.717, 1.165) is 30.2 Å². The Balaban J connectivity index is 1.68. The quantitative estimate of drug-likeness (QED) is 0.631. The Labute approximate surface area is 169 Å². The number of carbonyl (C=O) groups is 1. The summed E-state index contributed by atoms with van der Waals surface area (Å²) in [6, 6.07) is 10.9. The van der Waals surface area contributed by atoms with Crippen LogP contribution in [-0.2, 0) is 11.2 Å². The van der Waals surface area contributed by atoms with Crippen molar-refractivity contribution in [3.8, 4) is 0 Å². The van der Waals surface area contributed by atoms with Crippen molar-refractivity contribution >= 4 is 23.1 Å². The van der Waals surface area contributed by atoms with Gasteiger partial charge in [-0.25, -0.2) is 4.98 Å². The second-order valence-electron chi connectivity index (χ2n) is 7.94. The number of hydrogen-bond acceptors (Lipinski definition) is 6. The highest BCUT2D eigenvalue weighted by Gasteiger charge is 2.42. The third-order valence-corrected chi connectivity index (χ3v) is 5.65. The van der Waals surface area contributed by atoms with Crippen molar-refractivity contribution in [1.82, 2.24) is 10.3 Å². The molecular formula is C21H25N5O3. The largest absolute Gasteiger partial charge is 0.364 e. The second kappa shape index (κ2) is 7.69. The predicted octanol–water partition coefficient (Wildman–Crippen LogP) is 2.38. The molecule has 0 aliphatic carbocycles. The van der Waals surface area contributed by atoms with E-state index in [4.69, 9.17) is 0 Å². The zero-order valence-corrected chi connectivity index (χ0v) is 16.6. The van der Waals surface area contributed by atoms with Crippen LogP contribution >= 0.6 is 0 Å². The number of rotatable bonds is 4. The Bertz CT molecular complexity index is 918. The fourth-order valence-corrected chi connectivity index (χ4v) is 4.36. The lowest BCUT2D eigenvalue weighted by Gasteiger charge is -2.49. The smallest absolute Gasteiger partial charge is 0.269 e. The van der Waals surface area contributed by atoms with Gasteiger partial charge >= 0.3 is 0 Å². The molecule has 0 spiro atoms. The minimum absolute atomic E-state index is 0.00460. The molecule has 4 rings (SSSR count). The third-order valence-electron chi connectivity index (χ3n) is 5.65. The van der Waals surface area contributed by atoms with Gasteiger partial charge in [-0.15, -0.1) is 0 Å². The van der Waals surface area contributed by atoms with Gasteiger partial charge in [0.15, 0.2) is 0 Å². The number of amides is 1. The number of anilines is 2. The summed E-state index contributed by atoms with van der Waals surface area (Å²) in [6.45, 7) is 6.08. The number of fused-ring (bicyclic) bond motifs is 3. The van der Waals surface area contributed by atoms with Crippen LogP contribution < -0.4 is 15.1 Å². The molecule has 2 unspecified atom stereocenters. The third kappa shape index (κ3) is 3.74. The molecule has 2 aromatic rings. The number of nitro benzene ring substituents is 1. The van der Waals surface area contributed by atoms with E-state index in [9.17, 15) is 14.9 Å². The van der Waals surface area contributed by atoms with Crippen LogP contribution in [0.15, 0.2) is 42.6 Å². The summed E-state index contributed by atoms with van der Waals surface area (Å²) in [5.74, 6) is 0.623. The molecule has 8 heteroatoms. The van der Waals surface area contributed by atoms with Crippen LogP contribution in [0.1, 0.15) is 19.4 Å². The minimum atomic E-state index is -0.380. The molecule has 2 aliphatic heterocycles. The average molecular weight is 395 g/mol. The zero-order chi connectivity index (χ0) is 20.5. The number of hydrogen-bond donors (Lipinski definition) is 1. The van der Waals surface area contributed by atoms with Crippen molar-refractivity contribution < 1.29 is 9.72 Å². The molecule has 29 heavy (non-hydrogen) atoms. The molecule has 0 saturated carbocycles. The first-order chi connectivity index (χ1) is 13.9. The maximum atomic E-state index is 13.0. The Morgan fingerprint density at radius 3 is 2.79 bits per heavy atom. The van der Waals surface area contributed by atoms with Crippen LogP contribution in [0.4, 0.5) is 17.2 Å². The molecule has 0 radical (unpaired) electrons. The zero-order valence-electron chi connectivity index (χ0n) is 16.6. The molecule has 1 saturated heterocycles. The highest BCUT2D eigenvalue weighted by atomic mass is 16.6. The van der Waals surface area contributed by atoms with Crippen molar-refractivity contribution in [2.24, 2.45) is 5.92 Å². The minimum Gasteiger partial charge on any atom is -0.364 e. The van der Waals surface area contributed by atoms with Crippen LogP contribution in [0, 0.1) is 16.0 Å². The van der Waals surface area contributed by atoms with Gasteiger partial charge in [-0.3, -0.25) is 14.9 Å². The van der Waals surface area contributed by atoms with Crippen molar-refractivity contribution in [3.63, 3.8) is 0 Å². The molecule has 1 N–H and O–H groups in total. The van der Waals surface area contributed by atoms with Crippen LogP contribution in [-0.4, -0.2) is 47.5 Å². The molecule has 1 fully saturated rings. The lowest BCUT2D eigenvalue weighted by atomic mass is 9.83. The first-order valence-electron chi connectivity index (χ1n) is 9.94. The standard InChI is InChI=1S/C21H25N5O3/c1-14(2)23-21(27)17-12-15-11-16(26(28)29)6-7-18(15)25-10-9-24(13-19(17)25)20-5-3-4-8-22-20/h3-8,11,14,17,19H,9-10,12-13H2,1-2H3,(H,23,27). The number of aromatic nitrogens is 1. The number of pyridine rings is 1. The van der Waals surface area contributed by atoms with E-state index in [1.54, 1.807) is 18.3 Å². The Hall–Kier alpha value is -3.16. The van der Waals surface area contributed by atoms with Gasteiger partial charge in [0, 0.05) is 49.7 Å². The molecule has 2 atom stereocenters. The fourth-order valence-electron chi connectivity index (χ4n) is 4.36. The van der Waals surface area contributed by atoms with E-state index in [2.05, 4.69) is 20.1 Å². The number of non-ortho nitro benzene ring substituents is 1. The lowest BCUT2D eigenvalue weighted by Crippen LogP contribution is -2.61. The maximum absolute atomic E-state index is 13.0. The summed E-state index contributed by atoms with van der Waals surface area (Å²) in [6.07, 6.45) is 2.27. The van der Waals surface area contributed by atoms with E-state index in [-0.39, 0.29) is 34.5 Å². The first-order valence-corrected chi connectivity index (χ1v) is 9.94. The molecule has 1 aromatic heterocycles. The molecule has 2 aliphatic rings. The van der Waals surface area contributed by atoms with Crippen molar-refractivity contribution in [2.75, 3.05) is 29.4 Å². The van der Waals surface area contributed by atoms with Gasteiger partial charge in [0.25, 0.3) is 5.69 Å². The predicted molar refractivity (Wildman–Crippen MR) is 111 cm³/mol. The number of nitrogens with zero attached hydrogens (tertiary/aromatic N) is 4. The number of nitrogens with one attached hydrogen (secondary N) is 1. The van der Waals surface area contributed by atoms with Crippen LogP contribution in [0.25, 0.3) is 0 Å². The van der Waals surface area contributed by atoms with Gasteiger partial charge in [0.2, 0.25) is 5.91 Å². The number of piperazine rings is 1. The summed E-state index contributed by atoms with van der Waals surface area (Å²) in [4.78, 5) is 32.8. The summed E-state index contributed by atoms with van der Waals surface area (Å²) < 4.78 is 0. The Kier molecular flexibility index (Phi) is 5.08. The van der Waals surface area contributed by atoms with Crippen molar-refractivity contribution in [1.29, 1.82) is 0 Å². The SMILES string of the molecule is CC(C)NC(=O)C1Cc2cc([N+](=O)[O-])ccc2N2CCN(c3ccccn3)CC12. The molecular weight excluding hydrogens is 370 g/mol. The normalized spacial score (nSPS) is 20.8. The molecule has 3 heterocycles. The van der Waals surface area contributed by atoms with Crippen LogP contribution in [0.5, 0.6) is 0 Å². The highest BCUT2D eigenvalue weighted by Crippen LogP contribution is 2.38. The van der Waals surface area contributed by atoms with Gasteiger partial charge in [-0.2, -0.15) is 0 Å². The summed E-state index contributed by atoms with van der Waals surface area (Å²) >= 11 is 0. The summed E-state index contributed by atoms with van der Waals surface area (Å²) in [7, 11) is 0. The number of benzene rings is 1. The summed E-state index contributed by atoms with van der Waals surface area (Å²) in [5.41, 5.74) is 1.93. The second-order valence-corrected chi connectivity index (χ2v) is 7.94. The number of nitro groups is 1. The first kappa shape index (κ1) is 19.2. The van der Waals surface area contributed by atoms with Gasteiger partial charge in [-0.05, 0) is 44.0 Å². The van der Waals surface area contributed by atoms with Gasteiger partial charge in [0.05, 0.1) is 16.9 Å². The van der Waals surface area contributed by atoms with Gasteiger partial charge in [0.1, 0.15) is 5.82 Å². The van der Waals surface area contributed by atoms with Gasteiger partial charge in [-0.1, -0.05) is 6.07 Å². The van der Waals surface area contributed by atoms with Crippen molar-refractivity contribution in [3.05, 3.63) is 58.3 Å². The van der Waals surface area contributed by atoms with Crippen molar-refractivity contribution in [2.45, 2.75) is 32.4 Å². The van der Waals surface area contributed by atoms with Crippen LogP contribution in [0.2, 0.25) is 0 Å². The van der Waals surface area contributed by atoms with E-state index in [1.807, 2.05) is 38.1 Å². The maximum Gasteiger partial charge on any atom is 0.269 e.